The summed E-state index contributed by atoms with van der Waals surface area (Å²) in [5.74, 6) is -1.15. The molecule has 0 fully saturated rings. The fourth-order valence-electron chi connectivity index (χ4n) is 1.68. The van der Waals surface area contributed by atoms with Crippen LogP contribution >= 0.6 is 0 Å². The number of hydrogen-bond acceptors (Lipinski definition) is 13. The first-order valence-electron chi connectivity index (χ1n) is 10.7. The van der Waals surface area contributed by atoms with Gasteiger partial charge in [-0.05, 0) is 20.8 Å². The summed E-state index contributed by atoms with van der Waals surface area (Å²) >= 11 is 0. The second-order valence-corrected chi connectivity index (χ2v) is 6.85. The molecule has 0 aliphatic carbocycles. The summed E-state index contributed by atoms with van der Waals surface area (Å²) in [6, 6.07) is 0. The van der Waals surface area contributed by atoms with Gasteiger partial charge in [0, 0.05) is 11.1 Å². The predicted octanol–water partition coefficient (Wildman–Crippen LogP) is 0.684. The number of aliphatic imine (C=N–C) groups is 1. The van der Waals surface area contributed by atoms with Gasteiger partial charge >= 0.3 is 30.2 Å². The quantitative estimate of drug-likeness (QED) is 0.0273. The van der Waals surface area contributed by atoms with Crippen LogP contribution in [0.1, 0.15) is 20.8 Å². The lowest BCUT2D eigenvalue weighted by molar-refractivity contribution is -0.223. The highest BCUT2D eigenvalue weighted by molar-refractivity contribution is 5.87. The highest BCUT2D eigenvalue weighted by atomic mass is 17.2. The summed E-state index contributed by atoms with van der Waals surface area (Å²) in [6.45, 7) is 10.1. The van der Waals surface area contributed by atoms with Crippen LogP contribution < -0.4 is 16.0 Å². The predicted molar refractivity (Wildman–Crippen MR) is 125 cm³/mol. The molecule has 0 bridgehead atoms. The molecule has 0 aromatic carbocycles. The molecule has 0 rings (SSSR count). The maximum absolute atomic E-state index is 11.6. The minimum absolute atomic E-state index is 0.0402. The van der Waals surface area contributed by atoms with E-state index in [1.54, 1.807) is 0 Å². The van der Waals surface area contributed by atoms with Crippen LogP contribution in [0.3, 0.4) is 0 Å². The number of alkyl carbamates (subject to hydrolysis) is 3. The Morgan fingerprint density at radius 1 is 0.784 bits per heavy atom. The lowest BCUT2D eigenvalue weighted by Crippen LogP contribution is -2.39. The SMILES string of the molecule is C=C(C)C(=O)OCCOO/C=N/CNC(=O)OC(C)COC(=O)NCNC(=O)OCCOC(=O)C(=C)C. The number of rotatable bonds is 17. The average Bonchev–Trinajstić information content (AvgIpc) is 2.83. The van der Waals surface area contributed by atoms with Crippen molar-refractivity contribution in [1.29, 1.82) is 0 Å². The van der Waals surface area contributed by atoms with Gasteiger partial charge in [0.1, 0.15) is 45.8 Å². The number of hydrogen-bond donors (Lipinski definition) is 3. The van der Waals surface area contributed by atoms with Crippen LogP contribution in [0.25, 0.3) is 0 Å². The zero-order valence-electron chi connectivity index (χ0n) is 20.9. The Balaban J connectivity index is 3.76. The number of nitrogens with one attached hydrogen (secondary N) is 3. The molecular formula is C21H32N4O12. The molecule has 3 amide bonds. The molecule has 3 N–H and O–H groups in total. The van der Waals surface area contributed by atoms with E-state index in [-0.39, 0.29) is 57.5 Å². The van der Waals surface area contributed by atoms with Crippen molar-refractivity contribution in [2.24, 2.45) is 4.99 Å². The molecule has 37 heavy (non-hydrogen) atoms. The topological polar surface area (TPSA) is 198 Å². The van der Waals surface area contributed by atoms with Gasteiger partial charge in [-0.3, -0.25) is 0 Å². The first kappa shape index (κ1) is 32.7. The van der Waals surface area contributed by atoms with E-state index in [0.29, 0.717) is 0 Å². The summed E-state index contributed by atoms with van der Waals surface area (Å²) in [7, 11) is 0. The van der Waals surface area contributed by atoms with Crippen LogP contribution in [0.5, 0.6) is 0 Å². The Morgan fingerprint density at radius 3 is 1.92 bits per heavy atom. The Kier molecular flexibility index (Phi) is 17.6. The van der Waals surface area contributed by atoms with Crippen LogP contribution in [0, 0.1) is 0 Å². The number of amides is 3. The molecule has 1 atom stereocenters. The minimum Gasteiger partial charge on any atom is -0.460 e. The zero-order chi connectivity index (χ0) is 28.1. The van der Waals surface area contributed by atoms with Crippen molar-refractivity contribution < 1.29 is 57.4 Å². The third-order valence-corrected chi connectivity index (χ3v) is 3.37. The molecule has 208 valence electrons. The van der Waals surface area contributed by atoms with Gasteiger partial charge in [0.25, 0.3) is 0 Å². The van der Waals surface area contributed by atoms with E-state index in [4.69, 9.17) is 23.7 Å². The molecule has 0 heterocycles. The standard InChI is InChI=1S/C21H32N4O12/c1-14(2)17(26)31-6-7-33-19(28)24-12-25-20(29)34-10-16(5)37-21(30)23-11-22-13-36-35-9-8-32-18(27)15(3)4/h13,16H,1,3,6-12H2,2,4-5H3,(H,23,30)(H,24,28)(H,25,29)/b22-13+. The first-order valence-corrected chi connectivity index (χ1v) is 10.7. The summed E-state index contributed by atoms with van der Waals surface area (Å²) in [5, 5.41) is 6.73. The molecular weight excluding hydrogens is 500 g/mol. The summed E-state index contributed by atoms with van der Waals surface area (Å²) in [5.41, 5.74) is 0.475. The van der Waals surface area contributed by atoms with Gasteiger partial charge in [-0.2, -0.15) is 4.89 Å². The van der Waals surface area contributed by atoms with E-state index in [1.807, 2.05) is 0 Å². The molecule has 0 aliphatic heterocycles. The van der Waals surface area contributed by atoms with Gasteiger partial charge in [0.2, 0.25) is 6.40 Å². The maximum Gasteiger partial charge on any atom is 0.408 e. The van der Waals surface area contributed by atoms with Crippen molar-refractivity contribution >= 4 is 36.6 Å². The van der Waals surface area contributed by atoms with Gasteiger partial charge in [-0.25, -0.2) is 29.0 Å². The van der Waals surface area contributed by atoms with Crippen LogP contribution in [0.2, 0.25) is 0 Å². The van der Waals surface area contributed by atoms with E-state index in [1.165, 1.54) is 20.8 Å². The molecule has 16 heteroatoms. The van der Waals surface area contributed by atoms with E-state index in [0.717, 1.165) is 6.40 Å². The van der Waals surface area contributed by atoms with Crippen LogP contribution in [0.15, 0.2) is 29.3 Å². The molecule has 0 saturated heterocycles. The molecule has 0 radical (unpaired) electrons. The number of nitrogens with zero attached hydrogens (tertiary/aromatic N) is 1. The summed E-state index contributed by atoms with van der Waals surface area (Å²) in [6.07, 6.45) is -2.46. The molecule has 0 aliphatic rings. The summed E-state index contributed by atoms with van der Waals surface area (Å²) in [4.78, 5) is 69.8. The van der Waals surface area contributed by atoms with Crippen LogP contribution in [0.4, 0.5) is 14.4 Å². The molecule has 0 aromatic heterocycles. The minimum atomic E-state index is -0.886. The van der Waals surface area contributed by atoms with Crippen molar-refractivity contribution in [3.8, 4) is 0 Å². The smallest absolute Gasteiger partial charge is 0.408 e. The summed E-state index contributed by atoms with van der Waals surface area (Å²) < 4.78 is 24.0. The number of ether oxygens (including phenoxy) is 5. The van der Waals surface area contributed by atoms with Gasteiger partial charge in [-0.15, -0.1) is 0 Å². The van der Waals surface area contributed by atoms with Crippen molar-refractivity contribution in [3.05, 3.63) is 24.3 Å². The third kappa shape index (κ3) is 19.6. The van der Waals surface area contributed by atoms with Gasteiger partial charge < -0.3 is 44.5 Å². The molecule has 16 nitrogen and oxygen atoms in total. The fraction of sp³-hybridized carbons (Fsp3) is 0.524. The Morgan fingerprint density at radius 2 is 1.32 bits per heavy atom. The lowest BCUT2D eigenvalue weighted by Gasteiger charge is -2.14. The second-order valence-electron chi connectivity index (χ2n) is 6.85. The Labute approximate surface area is 213 Å². The largest absolute Gasteiger partial charge is 0.460 e. The molecule has 1 unspecified atom stereocenters. The molecule has 0 aromatic rings. The first-order chi connectivity index (χ1) is 17.5. The van der Waals surface area contributed by atoms with Crippen LogP contribution in [-0.2, 0) is 43.0 Å². The third-order valence-electron chi connectivity index (χ3n) is 3.37. The second kappa shape index (κ2) is 19.9. The molecule has 0 spiro atoms. The maximum atomic E-state index is 11.6. The van der Waals surface area contributed by atoms with E-state index < -0.39 is 36.3 Å². The average molecular weight is 533 g/mol. The van der Waals surface area contributed by atoms with E-state index >= 15 is 0 Å². The van der Waals surface area contributed by atoms with Crippen molar-refractivity contribution in [2.75, 3.05) is 46.4 Å². The number of carbonyl (C=O) groups excluding carboxylic acids is 5. The highest BCUT2D eigenvalue weighted by Gasteiger charge is 2.12. The number of esters is 2. The van der Waals surface area contributed by atoms with Gasteiger partial charge in [-0.1, -0.05) is 13.2 Å². The van der Waals surface area contributed by atoms with Crippen molar-refractivity contribution in [2.45, 2.75) is 26.9 Å². The van der Waals surface area contributed by atoms with E-state index in [2.05, 4.69) is 43.9 Å². The normalized spacial score (nSPS) is 10.9. The van der Waals surface area contributed by atoms with Gasteiger partial charge in [0.15, 0.2) is 0 Å². The zero-order valence-corrected chi connectivity index (χ0v) is 20.9. The van der Waals surface area contributed by atoms with Gasteiger partial charge in [0.05, 0.1) is 6.67 Å². The van der Waals surface area contributed by atoms with Crippen molar-refractivity contribution in [3.63, 3.8) is 0 Å². The molecule has 0 saturated carbocycles. The lowest BCUT2D eigenvalue weighted by atomic mass is 10.4. The number of carbonyl (C=O) groups is 5. The monoisotopic (exact) mass is 532 g/mol. The van der Waals surface area contributed by atoms with E-state index in [9.17, 15) is 24.0 Å². The van der Waals surface area contributed by atoms with Crippen LogP contribution in [-0.4, -0.2) is 89.1 Å². The fourth-order valence-corrected chi connectivity index (χ4v) is 1.68. The Hall–Kier alpha value is -4.34. The Bertz CT molecular complexity index is 830. The highest BCUT2D eigenvalue weighted by Crippen LogP contribution is 1.94. The van der Waals surface area contributed by atoms with Crippen molar-refractivity contribution in [1.82, 2.24) is 16.0 Å².